The summed E-state index contributed by atoms with van der Waals surface area (Å²) in [6.45, 7) is 0.306. The number of aromatic amines is 1. The zero-order valence-corrected chi connectivity index (χ0v) is 10.3. The normalized spacial score (nSPS) is 10.6. The van der Waals surface area contributed by atoms with Crippen LogP contribution in [0, 0.1) is 0 Å². The maximum Gasteiger partial charge on any atom is 0.417 e. The summed E-state index contributed by atoms with van der Waals surface area (Å²) in [4.78, 5) is 33.1. The van der Waals surface area contributed by atoms with Crippen LogP contribution in [0.5, 0.6) is 0 Å². The van der Waals surface area contributed by atoms with Gasteiger partial charge in [0.25, 0.3) is 5.91 Å². The smallest absolute Gasteiger partial charge is 0.408 e. The van der Waals surface area contributed by atoms with E-state index in [9.17, 15) is 9.59 Å². The van der Waals surface area contributed by atoms with Crippen molar-refractivity contribution in [3.05, 3.63) is 58.6 Å². The van der Waals surface area contributed by atoms with Crippen LogP contribution in [0.2, 0.25) is 0 Å². The first-order valence-corrected chi connectivity index (χ1v) is 5.88. The molecule has 20 heavy (non-hydrogen) atoms. The zero-order valence-electron chi connectivity index (χ0n) is 10.3. The van der Waals surface area contributed by atoms with Gasteiger partial charge in [-0.25, -0.2) is 9.78 Å². The summed E-state index contributed by atoms with van der Waals surface area (Å²) in [5, 5.41) is 2.72. The van der Waals surface area contributed by atoms with Gasteiger partial charge >= 0.3 is 5.76 Å². The van der Waals surface area contributed by atoms with Crippen LogP contribution < -0.4 is 11.1 Å². The van der Waals surface area contributed by atoms with Gasteiger partial charge < -0.3 is 9.73 Å². The Morgan fingerprint density at radius 2 is 2.25 bits per heavy atom. The van der Waals surface area contributed by atoms with E-state index in [0.29, 0.717) is 17.6 Å². The predicted molar refractivity (Wildman–Crippen MR) is 70.0 cm³/mol. The van der Waals surface area contributed by atoms with Gasteiger partial charge in [-0.1, -0.05) is 6.07 Å². The van der Waals surface area contributed by atoms with Crippen molar-refractivity contribution in [3.63, 3.8) is 0 Å². The number of carbonyl (C=O) groups excluding carboxylic acids is 1. The van der Waals surface area contributed by atoms with E-state index in [1.165, 1.54) is 18.6 Å². The van der Waals surface area contributed by atoms with Crippen LogP contribution in [0.25, 0.3) is 11.1 Å². The summed E-state index contributed by atoms with van der Waals surface area (Å²) >= 11 is 0. The maximum atomic E-state index is 11.8. The summed E-state index contributed by atoms with van der Waals surface area (Å²) < 4.78 is 4.95. The van der Waals surface area contributed by atoms with Crippen LogP contribution in [0.1, 0.15) is 16.1 Å². The lowest BCUT2D eigenvalue weighted by Gasteiger charge is -2.04. The van der Waals surface area contributed by atoms with E-state index in [1.54, 1.807) is 18.2 Å². The molecule has 0 aliphatic rings. The molecular formula is C13H10N4O3. The van der Waals surface area contributed by atoms with Crippen molar-refractivity contribution >= 4 is 17.0 Å². The molecule has 0 atom stereocenters. The second kappa shape index (κ2) is 4.96. The first-order chi connectivity index (χ1) is 9.72. The van der Waals surface area contributed by atoms with Crippen molar-refractivity contribution in [1.82, 2.24) is 20.3 Å². The number of hydrogen-bond acceptors (Lipinski definition) is 5. The van der Waals surface area contributed by atoms with E-state index in [1.807, 2.05) is 0 Å². The third-order valence-electron chi connectivity index (χ3n) is 2.73. The summed E-state index contributed by atoms with van der Waals surface area (Å²) in [5.74, 6) is -0.811. The van der Waals surface area contributed by atoms with Gasteiger partial charge in [-0.05, 0) is 17.7 Å². The molecule has 0 saturated heterocycles. The van der Waals surface area contributed by atoms with Crippen molar-refractivity contribution < 1.29 is 9.21 Å². The lowest BCUT2D eigenvalue weighted by molar-refractivity contribution is 0.0945. The van der Waals surface area contributed by atoms with E-state index < -0.39 is 5.76 Å². The number of H-pyrrole nitrogens is 1. The fourth-order valence-electron chi connectivity index (χ4n) is 1.79. The van der Waals surface area contributed by atoms with E-state index >= 15 is 0 Å². The number of amides is 1. The summed E-state index contributed by atoms with van der Waals surface area (Å²) in [6.07, 6.45) is 4.35. The number of oxazole rings is 1. The molecule has 0 aliphatic carbocycles. The standard InChI is InChI=1S/C13H10N4O3/c18-12(10-7-14-3-4-15-10)16-6-8-1-2-9-11(5-8)20-13(19)17-9/h1-5,7H,6H2,(H,16,18)(H,17,19). The molecule has 100 valence electrons. The Hall–Kier alpha value is -2.96. The van der Waals surface area contributed by atoms with Crippen molar-refractivity contribution in [2.75, 3.05) is 0 Å². The van der Waals surface area contributed by atoms with Gasteiger partial charge in [-0.2, -0.15) is 0 Å². The second-order valence-electron chi connectivity index (χ2n) is 4.12. The first kappa shape index (κ1) is 12.1. The molecule has 7 nitrogen and oxygen atoms in total. The highest BCUT2D eigenvalue weighted by Crippen LogP contribution is 2.12. The van der Waals surface area contributed by atoms with Gasteiger partial charge in [0.15, 0.2) is 5.58 Å². The van der Waals surface area contributed by atoms with Crippen LogP contribution in [0.4, 0.5) is 0 Å². The van der Waals surface area contributed by atoms with E-state index in [-0.39, 0.29) is 11.6 Å². The molecule has 0 aliphatic heterocycles. The molecule has 1 aromatic carbocycles. The Balaban J connectivity index is 1.73. The van der Waals surface area contributed by atoms with Crippen LogP contribution in [0.15, 0.2) is 46.0 Å². The number of carbonyl (C=O) groups is 1. The molecule has 7 heteroatoms. The van der Waals surface area contributed by atoms with Crippen LogP contribution in [-0.2, 0) is 6.54 Å². The fourth-order valence-corrected chi connectivity index (χ4v) is 1.79. The number of nitrogens with zero attached hydrogens (tertiary/aromatic N) is 2. The van der Waals surface area contributed by atoms with E-state index in [0.717, 1.165) is 5.56 Å². The molecular weight excluding hydrogens is 260 g/mol. The number of hydrogen-bond donors (Lipinski definition) is 2. The Labute approximate surface area is 112 Å². The van der Waals surface area contributed by atoms with Crippen molar-refractivity contribution in [3.8, 4) is 0 Å². The molecule has 0 bridgehead atoms. The fraction of sp³-hybridized carbons (Fsp3) is 0.0769. The SMILES string of the molecule is O=C(NCc1ccc2[nH]c(=O)oc2c1)c1cnccn1. The molecule has 3 rings (SSSR count). The Morgan fingerprint density at radius 1 is 1.35 bits per heavy atom. The lowest BCUT2D eigenvalue weighted by atomic mass is 10.2. The van der Waals surface area contributed by atoms with Gasteiger partial charge in [-0.15, -0.1) is 0 Å². The van der Waals surface area contributed by atoms with Gasteiger partial charge in [0.05, 0.1) is 11.7 Å². The van der Waals surface area contributed by atoms with E-state index in [4.69, 9.17) is 4.42 Å². The molecule has 3 aromatic rings. The third kappa shape index (κ3) is 2.41. The lowest BCUT2D eigenvalue weighted by Crippen LogP contribution is -2.23. The average Bonchev–Trinajstić information content (AvgIpc) is 2.85. The maximum absolute atomic E-state index is 11.8. The molecule has 0 spiro atoms. The van der Waals surface area contributed by atoms with Crippen LogP contribution >= 0.6 is 0 Å². The average molecular weight is 270 g/mol. The summed E-state index contributed by atoms with van der Waals surface area (Å²) in [7, 11) is 0. The number of benzene rings is 1. The van der Waals surface area contributed by atoms with Crippen LogP contribution in [0.3, 0.4) is 0 Å². The highest BCUT2D eigenvalue weighted by Gasteiger charge is 2.07. The number of fused-ring (bicyclic) bond motifs is 1. The molecule has 0 saturated carbocycles. The van der Waals surface area contributed by atoms with E-state index in [2.05, 4.69) is 20.3 Å². The van der Waals surface area contributed by atoms with Crippen molar-refractivity contribution in [2.45, 2.75) is 6.54 Å². The number of rotatable bonds is 3. The van der Waals surface area contributed by atoms with Crippen molar-refractivity contribution in [2.24, 2.45) is 0 Å². The second-order valence-corrected chi connectivity index (χ2v) is 4.12. The minimum absolute atomic E-state index is 0.252. The Bertz CT molecular complexity index is 807. The van der Waals surface area contributed by atoms with Gasteiger partial charge in [-0.3, -0.25) is 14.8 Å². The van der Waals surface area contributed by atoms with Crippen molar-refractivity contribution in [1.29, 1.82) is 0 Å². The van der Waals surface area contributed by atoms with Gasteiger partial charge in [0, 0.05) is 18.9 Å². The minimum Gasteiger partial charge on any atom is -0.408 e. The third-order valence-corrected chi connectivity index (χ3v) is 2.73. The number of aromatic nitrogens is 3. The highest BCUT2D eigenvalue weighted by atomic mass is 16.4. The van der Waals surface area contributed by atoms with Gasteiger partial charge in [0.2, 0.25) is 0 Å². The molecule has 1 amide bonds. The summed E-state index contributed by atoms with van der Waals surface area (Å²) in [6, 6.07) is 5.22. The number of nitrogens with one attached hydrogen (secondary N) is 2. The topological polar surface area (TPSA) is 101 Å². The summed E-state index contributed by atoms with van der Waals surface area (Å²) in [5.41, 5.74) is 2.15. The molecule has 2 heterocycles. The molecule has 0 unspecified atom stereocenters. The quantitative estimate of drug-likeness (QED) is 0.734. The Morgan fingerprint density at radius 3 is 3.05 bits per heavy atom. The van der Waals surface area contributed by atoms with Gasteiger partial charge in [0.1, 0.15) is 5.69 Å². The predicted octanol–water partition coefficient (Wildman–Crippen LogP) is 0.841. The van der Waals surface area contributed by atoms with Crippen LogP contribution in [-0.4, -0.2) is 20.9 Å². The molecule has 0 radical (unpaired) electrons. The molecule has 2 aromatic heterocycles. The highest BCUT2D eigenvalue weighted by molar-refractivity contribution is 5.91. The molecule has 2 N–H and O–H groups in total. The Kier molecular flexibility index (Phi) is 3.00. The molecule has 0 fully saturated rings. The zero-order chi connectivity index (χ0) is 13.9. The first-order valence-electron chi connectivity index (χ1n) is 5.88. The largest absolute Gasteiger partial charge is 0.417 e. The minimum atomic E-state index is -0.499. The monoisotopic (exact) mass is 270 g/mol.